The molecule has 0 aliphatic rings. The standard InChI is InChI=1S/C12H20N4/c1-4-7-16(9(2)3)11-8-10(12(13)14)5-6-15-11/h5-6,8-9H,4,7H2,1-3H3,(H3,13,14). The Kier molecular flexibility index (Phi) is 4.28. The Morgan fingerprint density at radius 2 is 2.25 bits per heavy atom. The topological polar surface area (TPSA) is 66.0 Å². The number of hydrogen-bond acceptors (Lipinski definition) is 3. The molecule has 0 fully saturated rings. The van der Waals surface area contributed by atoms with Gasteiger partial charge in [0.15, 0.2) is 0 Å². The van der Waals surface area contributed by atoms with Gasteiger partial charge in [0.25, 0.3) is 0 Å². The van der Waals surface area contributed by atoms with Gasteiger partial charge in [-0.25, -0.2) is 4.98 Å². The molecule has 0 amide bonds. The van der Waals surface area contributed by atoms with Crippen molar-refractivity contribution >= 4 is 11.7 Å². The fourth-order valence-corrected chi connectivity index (χ4v) is 1.62. The third kappa shape index (κ3) is 2.95. The summed E-state index contributed by atoms with van der Waals surface area (Å²) in [5.74, 6) is 0.980. The van der Waals surface area contributed by atoms with Crippen LogP contribution in [0.25, 0.3) is 0 Å². The lowest BCUT2D eigenvalue weighted by molar-refractivity contribution is 0.662. The minimum absolute atomic E-state index is 0.0869. The Morgan fingerprint density at radius 3 is 2.75 bits per heavy atom. The number of anilines is 1. The summed E-state index contributed by atoms with van der Waals surface area (Å²) >= 11 is 0. The number of nitrogen functional groups attached to an aromatic ring is 1. The zero-order valence-electron chi connectivity index (χ0n) is 10.2. The quantitative estimate of drug-likeness (QED) is 0.589. The van der Waals surface area contributed by atoms with Crippen LogP contribution in [0.3, 0.4) is 0 Å². The van der Waals surface area contributed by atoms with E-state index in [2.05, 4.69) is 30.7 Å². The molecule has 0 saturated carbocycles. The van der Waals surface area contributed by atoms with Crippen LogP contribution in [0.2, 0.25) is 0 Å². The Balaban J connectivity index is 3.00. The third-order valence-corrected chi connectivity index (χ3v) is 2.44. The molecule has 0 aliphatic heterocycles. The van der Waals surface area contributed by atoms with E-state index in [0.29, 0.717) is 6.04 Å². The van der Waals surface area contributed by atoms with Gasteiger partial charge in [-0.2, -0.15) is 0 Å². The Morgan fingerprint density at radius 1 is 1.56 bits per heavy atom. The van der Waals surface area contributed by atoms with E-state index in [0.717, 1.165) is 24.3 Å². The number of nitrogens with two attached hydrogens (primary N) is 1. The number of amidine groups is 1. The van der Waals surface area contributed by atoms with Crippen LogP contribution >= 0.6 is 0 Å². The second kappa shape index (κ2) is 5.49. The molecular weight excluding hydrogens is 200 g/mol. The van der Waals surface area contributed by atoms with E-state index in [-0.39, 0.29) is 5.84 Å². The lowest BCUT2D eigenvalue weighted by Crippen LogP contribution is -2.32. The van der Waals surface area contributed by atoms with Crippen molar-refractivity contribution in [3.8, 4) is 0 Å². The maximum atomic E-state index is 7.41. The minimum atomic E-state index is 0.0869. The predicted molar refractivity (Wildman–Crippen MR) is 68.0 cm³/mol. The summed E-state index contributed by atoms with van der Waals surface area (Å²) < 4.78 is 0. The van der Waals surface area contributed by atoms with Gasteiger partial charge < -0.3 is 10.6 Å². The van der Waals surface area contributed by atoms with Gasteiger partial charge in [-0.05, 0) is 32.4 Å². The van der Waals surface area contributed by atoms with Gasteiger partial charge >= 0.3 is 0 Å². The summed E-state index contributed by atoms with van der Waals surface area (Å²) in [6.45, 7) is 7.38. The number of nitrogens with zero attached hydrogens (tertiary/aromatic N) is 2. The summed E-state index contributed by atoms with van der Waals surface area (Å²) in [4.78, 5) is 6.55. The van der Waals surface area contributed by atoms with Gasteiger partial charge in [-0.1, -0.05) is 6.92 Å². The second-order valence-electron chi connectivity index (χ2n) is 4.10. The molecule has 0 saturated heterocycles. The van der Waals surface area contributed by atoms with Crippen LogP contribution in [0.1, 0.15) is 32.8 Å². The van der Waals surface area contributed by atoms with Crippen LogP contribution in [0.4, 0.5) is 5.82 Å². The van der Waals surface area contributed by atoms with E-state index in [9.17, 15) is 0 Å². The monoisotopic (exact) mass is 220 g/mol. The predicted octanol–water partition coefficient (Wildman–Crippen LogP) is 1.99. The summed E-state index contributed by atoms with van der Waals surface area (Å²) in [6, 6.07) is 4.03. The van der Waals surface area contributed by atoms with Crippen molar-refractivity contribution in [2.45, 2.75) is 33.2 Å². The number of aromatic nitrogens is 1. The third-order valence-electron chi connectivity index (χ3n) is 2.44. The lowest BCUT2D eigenvalue weighted by atomic mass is 10.2. The largest absolute Gasteiger partial charge is 0.384 e. The van der Waals surface area contributed by atoms with E-state index < -0.39 is 0 Å². The summed E-state index contributed by atoms with van der Waals surface area (Å²) in [7, 11) is 0. The van der Waals surface area contributed by atoms with Gasteiger partial charge in [-0.15, -0.1) is 0 Å². The molecule has 0 bridgehead atoms. The van der Waals surface area contributed by atoms with Crippen LogP contribution in [-0.2, 0) is 0 Å². The fourth-order valence-electron chi connectivity index (χ4n) is 1.62. The SMILES string of the molecule is CCCN(c1cc(C(=N)N)ccn1)C(C)C. The molecule has 0 aromatic carbocycles. The molecule has 0 spiro atoms. The maximum absolute atomic E-state index is 7.41. The first-order valence-corrected chi connectivity index (χ1v) is 5.63. The maximum Gasteiger partial charge on any atom is 0.129 e. The number of rotatable bonds is 5. The smallest absolute Gasteiger partial charge is 0.129 e. The van der Waals surface area contributed by atoms with Crippen molar-refractivity contribution in [2.24, 2.45) is 5.73 Å². The van der Waals surface area contributed by atoms with Crippen LogP contribution < -0.4 is 10.6 Å². The van der Waals surface area contributed by atoms with Gasteiger partial charge in [0.2, 0.25) is 0 Å². The molecule has 1 aromatic heterocycles. The molecule has 3 N–H and O–H groups in total. The highest BCUT2D eigenvalue weighted by Gasteiger charge is 2.11. The van der Waals surface area contributed by atoms with Gasteiger partial charge in [0, 0.05) is 24.3 Å². The number of nitrogens with one attached hydrogen (secondary N) is 1. The van der Waals surface area contributed by atoms with E-state index in [1.807, 2.05) is 6.07 Å². The highest BCUT2D eigenvalue weighted by molar-refractivity contribution is 5.95. The van der Waals surface area contributed by atoms with Crippen LogP contribution in [0.15, 0.2) is 18.3 Å². The normalized spacial score (nSPS) is 10.5. The average molecular weight is 220 g/mol. The molecule has 16 heavy (non-hydrogen) atoms. The number of pyridine rings is 1. The van der Waals surface area contributed by atoms with Crippen LogP contribution in [0.5, 0.6) is 0 Å². The zero-order valence-corrected chi connectivity index (χ0v) is 10.2. The minimum Gasteiger partial charge on any atom is -0.384 e. The highest BCUT2D eigenvalue weighted by atomic mass is 15.2. The molecule has 88 valence electrons. The molecule has 0 unspecified atom stereocenters. The van der Waals surface area contributed by atoms with Crippen molar-refractivity contribution < 1.29 is 0 Å². The molecule has 1 heterocycles. The molecule has 1 aromatic rings. The van der Waals surface area contributed by atoms with Crippen LogP contribution in [-0.4, -0.2) is 23.4 Å². The van der Waals surface area contributed by atoms with Gasteiger partial charge in [-0.3, -0.25) is 5.41 Å². The Labute approximate surface area is 97.0 Å². The van der Waals surface area contributed by atoms with Crippen molar-refractivity contribution in [1.82, 2.24) is 4.98 Å². The van der Waals surface area contributed by atoms with Crippen molar-refractivity contribution in [3.05, 3.63) is 23.9 Å². The molecule has 0 aliphatic carbocycles. The van der Waals surface area contributed by atoms with Crippen LogP contribution in [0, 0.1) is 5.41 Å². The van der Waals surface area contributed by atoms with Gasteiger partial charge in [0.1, 0.15) is 11.7 Å². The molecule has 1 rings (SSSR count). The highest BCUT2D eigenvalue weighted by Crippen LogP contribution is 2.15. The lowest BCUT2D eigenvalue weighted by Gasteiger charge is -2.27. The van der Waals surface area contributed by atoms with E-state index in [1.165, 1.54) is 0 Å². The fraction of sp³-hybridized carbons (Fsp3) is 0.500. The van der Waals surface area contributed by atoms with E-state index in [1.54, 1.807) is 12.3 Å². The summed E-state index contributed by atoms with van der Waals surface area (Å²) in [5.41, 5.74) is 6.20. The van der Waals surface area contributed by atoms with Crippen molar-refractivity contribution in [3.63, 3.8) is 0 Å². The molecule has 0 radical (unpaired) electrons. The van der Waals surface area contributed by atoms with Crippen molar-refractivity contribution in [1.29, 1.82) is 5.41 Å². The summed E-state index contributed by atoms with van der Waals surface area (Å²) in [5, 5.41) is 7.41. The Hall–Kier alpha value is -1.58. The average Bonchev–Trinajstić information content (AvgIpc) is 2.25. The van der Waals surface area contributed by atoms with E-state index >= 15 is 0 Å². The second-order valence-corrected chi connectivity index (χ2v) is 4.10. The first-order chi connectivity index (χ1) is 7.56. The van der Waals surface area contributed by atoms with Gasteiger partial charge in [0.05, 0.1) is 0 Å². The Bertz CT molecular complexity index is 360. The molecule has 4 heteroatoms. The molecular formula is C12H20N4. The number of hydrogen-bond donors (Lipinski definition) is 2. The molecule has 0 atom stereocenters. The van der Waals surface area contributed by atoms with E-state index in [4.69, 9.17) is 11.1 Å². The first kappa shape index (κ1) is 12.5. The van der Waals surface area contributed by atoms with Crippen molar-refractivity contribution in [2.75, 3.05) is 11.4 Å². The zero-order chi connectivity index (χ0) is 12.1. The first-order valence-electron chi connectivity index (χ1n) is 5.63. The molecule has 4 nitrogen and oxygen atoms in total. The summed E-state index contributed by atoms with van der Waals surface area (Å²) in [6.07, 6.45) is 2.78.